The lowest BCUT2D eigenvalue weighted by Crippen LogP contribution is -2.52. The van der Waals surface area contributed by atoms with Gasteiger partial charge in [0.1, 0.15) is 24.4 Å². The number of aliphatic hydroxyl groups is 1. The van der Waals surface area contributed by atoms with Crippen LogP contribution in [0.15, 0.2) is 0 Å². The SMILES string of the molecule is CCC(=O)OCOC(=O)CC1OC2OC3C(CO)OC(C)OC3C2O1. The summed E-state index contributed by atoms with van der Waals surface area (Å²) in [4.78, 5) is 22.7. The second kappa shape index (κ2) is 7.94. The maximum atomic E-state index is 11.7. The molecule has 3 fully saturated rings. The lowest BCUT2D eigenvalue weighted by atomic mass is 10.0. The highest BCUT2D eigenvalue weighted by Crippen LogP contribution is 2.39. The Hall–Kier alpha value is -1.30. The molecule has 10 heteroatoms. The largest absolute Gasteiger partial charge is 0.428 e. The van der Waals surface area contributed by atoms with E-state index in [4.69, 9.17) is 28.4 Å². The molecule has 0 bridgehead atoms. The average Bonchev–Trinajstić information content (AvgIpc) is 3.11. The number of carbonyl (C=O) groups is 2. The molecule has 25 heavy (non-hydrogen) atoms. The molecule has 3 heterocycles. The molecule has 0 spiro atoms. The minimum atomic E-state index is -0.848. The van der Waals surface area contributed by atoms with Gasteiger partial charge in [0, 0.05) is 6.42 Å². The molecule has 3 rings (SSSR count). The monoisotopic (exact) mass is 362 g/mol. The number of ether oxygens (including phenoxy) is 7. The van der Waals surface area contributed by atoms with Crippen LogP contribution < -0.4 is 0 Å². The van der Waals surface area contributed by atoms with Crippen molar-refractivity contribution in [2.45, 2.75) is 70.0 Å². The van der Waals surface area contributed by atoms with Crippen LogP contribution in [0.1, 0.15) is 26.7 Å². The van der Waals surface area contributed by atoms with Crippen LogP contribution in [0, 0.1) is 0 Å². The van der Waals surface area contributed by atoms with Crippen molar-refractivity contribution in [2.24, 2.45) is 0 Å². The Morgan fingerprint density at radius 1 is 0.960 bits per heavy atom. The molecule has 0 aromatic carbocycles. The van der Waals surface area contributed by atoms with Gasteiger partial charge in [0.2, 0.25) is 6.79 Å². The van der Waals surface area contributed by atoms with Gasteiger partial charge in [-0.05, 0) is 6.92 Å². The second-order valence-electron chi connectivity index (χ2n) is 5.87. The highest BCUT2D eigenvalue weighted by Gasteiger charge is 2.57. The first kappa shape index (κ1) is 18.5. The van der Waals surface area contributed by atoms with Crippen LogP contribution in [0.25, 0.3) is 0 Å². The number of rotatable bonds is 6. The summed E-state index contributed by atoms with van der Waals surface area (Å²) >= 11 is 0. The van der Waals surface area contributed by atoms with E-state index in [1.807, 2.05) is 0 Å². The summed E-state index contributed by atoms with van der Waals surface area (Å²) in [5, 5.41) is 9.39. The third kappa shape index (κ3) is 4.10. The van der Waals surface area contributed by atoms with Gasteiger partial charge in [0.15, 0.2) is 18.9 Å². The van der Waals surface area contributed by atoms with Crippen LogP contribution in [-0.2, 0) is 42.7 Å². The Morgan fingerprint density at radius 2 is 1.72 bits per heavy atom. The minimum Gasteiger partial charge on any atom is -0.428 e. The number of fused-ring (bicyclic) bond motifs is 3. The van der Waals surface area contributed by atoms with Gasteiger partial charge in [-0.3, -0.25) is 9.59 Å². The third-order valence-electron chi connectivity index (χ3n) is 4.13. The zero-order valence-electron chi connectivity index (χ0n) is 14.0. The quantitative estimate of drug-likeness (QED) is 0.485. The van der Waals surface area contributed by atoms with Gasteiger partial charge < -0.3 is 38.3 Å². The number of hydrogen-bond donors (Lipinski definition) is 1. The molecule has 3 aliphatic rings. The molecule has 0 saturated carbocycles. The van der Waals surface area contributed by atoms with E-state index in [0.29, 0.717) is 0 Å². The van der Waals surface area contributed by atoms with Crippen LogP contribution in [-0.4, -0.2) is 73.7 Å². The zero-order chi connectivity index (χ0) is 18.0. The Morgan fingerprint density at radius 3 is 2.44 bits per heavy atom. The van der Waals surface area contributed by atoms with Gasteiger partial charge in [-0.25, -0.2) is 0 Å². The lowest BCUT2D eigenvalue weighted by molar-refractivity contribution is -0.295. The van der Waals surface area contributed by atoms with E-state index in [-0.39, 0.29) is 19.4 Å². The number of esters is 2. The summed E-state index contributed by atoms with van der Waals surface area (Å²) in [7, 11) is 0. The molecule has 10 nitrogen and oxygen atoms in total. The lowest BCUT2D eigenvalue weighted by Gasteiger charge is -2.37. The van der Waals surface area contributed by atoms with E-state index >= 15 is 0 Å². The fourth-order valence-corrected chi connectivity index (χ4v) is 2.99. The average molecular weight is 362 g/mol. The number of carbonyl (C=O) groups excluding carboxylic acids is 2. The van der Waals surface area contributed by atoms with Gasteiger partial charge in [0.05, 0.1) is 13.0 Å². The Bertz CT molecular complexity index is 497. The zero-order valence-corrected chi connectivity index (χ0v) is 14.0. The predicted molar refractivity (Wildman–Crippen MR) is 76.7 cm³/mol. The summed E-state index contributed by atoms with van der Waals surface area (Å²) in [6.07, 6.45) is -4.06. The Balaban J connectivity index is 1.47. The first-order chi connectivity index (χ1) is 12.0. The van der Waals surface area contributed by atoms with Gasteiger partial charge in [-0.1, -0.05) is 6.92 Å². The van der Waals surface area contributed by atoms with E-state index in [9.17, 15) is 14.7 Å². The van der Waals surface area contributed by atoms with E-state index in [2.05, 4.69) is 4.74 Å². The number of hydrogen-bond acceptors (Lipinski definition) is 10. The van der Waals surface area contributed by atoms with Gasteiger partial charge in [0.25, 0.3) is 0 Å². The van der Waals surface area contributed by atoms with Gasteiger partial charge in [-0.15, -0.1) is 0 Å². The van der Waals surface area contributed by atoms with Crippen molar-refractivity contribution in [1.29, 1.82) is 0 Å². The van der Waals surface area contributed by atoms with Gasteiger partial charge in [-0.2, -0.15) is 0 Å². The molecule has 7 atom stereocenters. The summed E-state index contributed by atoms with van der Waals surface area (Å²) < 4.78 is 37.5. The summed E-state index contributed by atoms with van der Waals surface area (Å²) in [5.74, 6) is -1.08. The van der Waals surface area contributed by atoms with Crippen LogP contribution in [0.2, 0.25) is 0 Å². The topological polar surface area (TPSA) is 119 Å². The van der Waals surface area contributed by atoms with Crippen LogP contribution in [0.3, 0.4) is 0 Å². The van der Waals surface area contributed by atoms with E-state index < -0.39 is 62.0 Å². The van der Waals surface area contributed by atoms with Crippen molar-refractivity contribution in [3.8, 4) is 0 Å². The van der Waals surface area contributed by atoms with E-state index in [1.165, 1.54) is 0 Å². The number of aliphatic hydroxyl groups excluding tert-OH is 1. The van der Waals surface area contributed by atoms with E-state index in [1.54, 1.807) is 13.8 Å². The summed E-state index contributed by atoms with van der Waals surface area (Å²) in [6.45, 7) is 2.70. The van der Waals surface area contributed by atoms with Crippen molar-refractivity contribution in [2.75, 3.05) is 13.4 Å². The third-order valence-corrected chi connectivity index (χ3v) is 4.13. The molecule has 3 saturated heterocycles. The molecule has 7 unspecified atom stereocenters. The Kier molecular flexibility index (Phi) is 5.87. The molecule has 0 aromatic heterocycles. The van der Waals surface area contributed by atoms with Crippen molar-refractivity contribution in [1.82, 2.24) is 0 Å². The first-order valence-electron chi connectivity index (χ1n) is 8.21. The van der Waals surface area contributed by atoms with Gasteiger partial charge >= 0.3 is 11.9 Å². The van der Waals surface area contributed by atoms with Crippen molar-refractivity contribution < 1.29 is 47.9 Å². The second-order valence-corrected chi connectivity index (χ2v) is 5.87. The molecule has 0 aromatic rings. The molecular weight excluding hydrogens is 340 g/mol. The molecule has 142 valence electrons. The van der Waals surface area contributed by atoms with Crippen molar-refractivity contribution >= 4 is 11.9 Å². The van der Waals surface area contributed by atoms with Crippen molar-refractivity contribution in [3.05, 3.63) is 0 Å². The van der Waals surface area contributed by atoms with Crippen molar-refractivity contribution in [3.63, 3.8) is 0 Å². The summed E-state index contributed by atoms with van der Waals surface area (Å²) in [6, 6.07) is 0. The Labute approximate surface area is 144 Å². The molecule has 0 radical (unpaired) electrons. The van der Waals surface area contributed by atoms with E-state index in [0.717, 1.165) is 0 Å². The fraction of sp³-hybridized carbons (Fsp3) is 0.867. The predicted octanol–water partition coefficient (Wildman–Crippen LogP) is -0.581. The van der Waals surface area contributed by atoms with Crippen LogP contribution in [0.4, 0.5) is 0 Å². The molecule has 0 amide bonds. The fourth-order valence-electron chi connectivity index (χ4n) is 2.99. The maximum Gasteiger partial charge on any atom is 0.313 e. The molecule has 0 aliphatic carbocycles. The molecule has 3 aliphatic heterocycles. The van der Waals surface area contributed by atoms with Crippen LogP contribution >= 0.6 is 0 Å². The molecular formula is C15H22O10. The minimum absolute atomic E-state index is 0.174. The van der Waals surface area contributed by atoms with Crippen LogP contribution in [0.5, 0.6) is 0 Å². The highest BCUT2D eigenvalue weighted by molar-refractivity contribution is 5.71. The first-order valence-corrected chi connectivity index (χ1v) is 8.21. The maximum absolute atomic E-state index is 11.7. The summed E-state index contributed by atoms with van der Waals surface area (Å²) in [5.41, 5.74) is 0. The standard InChI is InChI=1S/C15H22O10/c1-3-9(17)19-6-20-10(18)4-11-23-14-13-12(25-15(14)24-11)8(5-16)21-7(2)22-13/h7-8,11-16H,3-6H2,1-2H3. The normalized spacial score (nSPS) is 39.6. The molecule has 1 N–H and O–H groups in total. The smallest absolute Gasteiger partial charge is 0.313 e. The highest BCUT2D eigenvalue weighted by atomic mass is 16.8.